The summed E-state index contributed by atoms with van der Waals surface area (Å²) in [6.45, 7) is 0.215. The number of rotatable bonds is 4. The second-order valence-electron chi connectivity index (χ2n) is 6.19. The molecule has 8 heteroatoms. The molecule has 0 saturated carbocycles. The Bertz CT molecular complexity index is 985. The molecule has 1 saturated heterocycles. The highest BCUT2D eigenvalue weighted by Crippen LogP contribution is 2.33. The number of nitrogens with zero attached hydrogens (tertiary/aromatic N) is 3. The average molecular weight is 371 g/mol. The summed E-state index contributed by atoms with van der Waals surface area (Å²) >= 11 is 0. The molecular formula is C19H15F2N3O3. The molecule has 6 nitrogen and oxygen atoms in total. The largest absolute Gasteiger partial charge is 0.496 e. The predicted molar refractivity (Wildman–Crippen MR) is 92.4 cm³/mol. The number of aromatic nitrogens is 2. The molecule has 27 heavy (non-hydrogen) atoms. The van der Waals surface area contributed by atoms with E-state index in [9.17, 15) is 13.6 Å². The molecule has 1 unspecified atom stereocenters. The Hall–Kier alpha value is -3.29. The first-order chi connectivity index (χ1) is 13.0. The number of amides is 1. The second kappa shape index (κ2) is 6.79. The molecule has 0 N–H and O–H groups in total. The lowest BCUT2D eigenvalue weighted by Gasteiger charge is -2.16. The summed E-state index contributed by atoms with van der Waals surface area (Å²) in [5, 5.41) is 3.98. The highest BCUT2D eigenvalue weighted by Gasteiger charge is 2.35. The van der Waals surface area contributed by atoms with E-state index in [2.05, 4.69) is 10.1 Å². The van der Waals surface area contributed by atoms with Crippen molar-refractivity contribution in [3.05, 3.63) is 59.9 Å². The fraction of sp³-hybridized carbons (Fsp3) is 0.211. The molecule has 0 bridgehead atoms. The lowest BCUT2D eigenvalue weighted by Crippen LogP contribution is -2.24. The number of methoxy groups -OCH3 is 1. The Kier molecular flexibility index (Phi) is 4.31. The highest BCUT2D eigenvalue weighted by atomic mass is 19.1. The van der Waals surface area contributed by atoms with Crippen molar-refractivity contribution < 1.29 is 22.8 Å². The van der Waals surface area contributed by atoms with E-state index >= 15 is 0 Å². The number of carbonyl (C=O) groups is 1. The van der Waals surface area contributed by atoms with E-state index in [4.69, 9.17) is 9.26 Å². The van der Waals surface area contributed by atoms with Crippen molar-refractivity contribution in [3.8, 4) is 17.2 Å². The van der Waals surface area contributed by atoms with Crippen molar-refractivity contribution >= 4 is 11.6 Å². The molecule has 2 aromatic carbocycles. The van der Waals surface area contributed by atoms with E-state index in [0.717, 1.165) is 18.2 Å². The van der Waals surface area contributed by atoms with Crippen LogP contribution in [0.25, 0.3) is 11.5 Å². The van der Waals surface area contributed by atoms with Crippen molar-refractivity contribution in [1.29, 1.82) is 0 Å². The highest BCUT2D eigenvalue weighted by molar-refractivity contribution is 5.96. The summed E-state index contributed by atoms with van der Waals surface area (Å²) < 4.78 is 37.5. The van der Waals surface area contributed by atoms with Gasteiger partial charge in [0.15, 0.2) is 5.82 Å². The maximum atomic E-state index is 13.5. The SMILES string of the molecule is COc1ccccc1-c1nc(C2CC(=O)N(c3cc(F)cc(F)c3)C2)no1. The molecule has 0 spiro atoms. The van der Waals surface area contributed by atoms with Crippen LogP contribution in [0.1, 0.15) is 18.2 Å². The number of benzene rings is 2. The smallest absolute Gasteiger partial charge is 0.261 e. The van der Waals surface area contributed by atoms with Gasteiger partial charge in [-0.3, -0.25) is 4.79 Å². The first-order valence-corrected chi connectivity index (χ1v) is 8.28. The lowest BCUT2D eigenvalue weighted by atomic mass is 10.1. The van der Waals surface area contributed by atoms with Crippen molar-refractivity contribution in [2.24, 2.45) is 0 Å². The number of hydrogen-bond acceptors (Lipinski definition) is 5. The quantitative estimate of drug-likeness (QED) is 0.702. The van der Waals surface area contributed by atoms with Gasteiger partial charge in [-0.2, -0.15) is 4.98 Å². The Balaban J connectivity index is 1.59. The molecule has 1 aliphatic heterocycles. The van der Waals surface area contributed by atoms with Crippen molar-refractivity contribution in [3.63, 3.8) is 0 Å². The van der Waals surface area contributed by atoms with Crippen LogP contribution in [0.2, 0.25) is 0 Å². The molecular weight excluding hydrogens is 356 g/mol. The Morgan fingerprint density at radius 3 is 2.67 bits per heavy atom. The Labute approximate surface area is 153 Å². The van der Waals surface area contributed by atoms with Crippen LogP contribution in [0.4, 0.5) is 14.5 Å². The first-order valence-electron chi connectivity index (χ1n) is 8.28. The molecule has 0 radical (unpaired) electrons. The fourth-order valence-corrected chi connectivity index (χ4v) is 3.16. The van der Waals surface area contributed by atoms with Gasteiger partial charge in [-0.25, -0.2) is 8.78 Å². The maximum Gasteiger partial charge on any atom is 0.261 e. The fourth-order valence-electron chi connectivity index (χ4n) is 3.16. The van der Waals surface area contributed by atoms with Gasteiger partial charge in [-0.1, -0.05) is 17.3 Å². The van der Waals surface area contributed by atoms with E-state index in [1.165, 1.54) is 4.90 Å². The van der Waals surface area contributed by atoms with Crippen LogP contribution < -0.4 is 9.64 Å². The molecule has 1 amide bonds. The molecule has 3 aromatic rings. The summed E-state index contributed by atoms with van der Waals surface area (Å²) in [6.07, 6.45) is 0.128. The molecule has 4 rings (SSSR count). The molecule has 138 valence electrons. The summed E-state index contributed by atoms with van der Waals surface area (Å²) in [5.41, 5.74) is 0.820. The van der Waals surface area contributed by atoms with Crippen LogP contribution in [0, 0.1) is 11.6 Å². The van der Waals surface area contributed by atoms with E-state index in [0.29, 0.717) is 17.1 Å². The monoisotopic (exact) mass is 371 g/mol. The van der Waals surface area contributed by atoms with Crippen LogP contribution in [0.15, 0.2) is 47.0 Å². The molecule has 1 fully saturated rings. The van der Waals surface area contributed by atoms with E-state index < -0.39 is 11.6 Å². The van der Waals surface area contributed by atoms with Crippen LogP contribution >= 0.6 is 0 Å². The van der Waals surface area contributed by atoms with Gasteiger partial charge in [0.2, 0.25) is 5.91 Å². The number of anilines is 1. The average Bonchev–Trinajstić information content (AvgIpc) is 3.27. The van der Waals surface area contributed by atoms with E-state index in [1.807, 2.05) is 12.1 Å². The zero-order valence-electron chi connectivity index (χ0n) is 14.4. The molecule has 0 aliphatic carbocycles. The summed E-state index contributed by atoms with van der Waals surface area (Å²) in [4.78, 5) is 18.0. The third kappa shape index (κ3) is 3.25. The lowest BCUT2D eigenvalue weighted by molar-refractivity contribution is -0.117. The summed E-state index contributed by atoms with van der Waals surface area (Å²) in [7, 11) is 1.54. The first kappa shape index (κ1) is 17.1. The van der Waals surface area contributed by atoms with Gasteiger partial charge in [0.05, 0.1) is 12.7 Å². The van der Waals surface area contributed by atoms with Gasteiger partial charge in [0.25, 0.3) is 5.89 Å². The topological polar surface area (TPSA) is 68.5 Å². The van der Waals surface area contributed by atoms with Gasteiger partial charge in [-0.05, 0) is 24.3 Å². The number of carbonyl (C=O) groups excluding carboxylic acids is 1. The normalized spacial score (nSPS) is 16.8. The maximum absolute atomic E-state index is 13.5. The minimum absolute atomic E-state index is 0.128. The standard InChI is InChI=1S/C19H15F2N3O3/c1-26-16-5-3-2-4-15(16)19-22-18(23-27-19)11-6-17(25)24(10-11)14-8-12(20)7-13(21)9-14/h2-5,7-9,11H,6,10H2,1H3. The summed E-state index contributed by atoms with van der Waals surface area (Å²) in [6, 6.07) is 10.2. The third-order valence-corrected chi connectivity index (χ3v) is 4.43. The van der Waals surface area contributed by atoms with Crippen LogP contribution in [0.3, 0.4) is 0 Å². The van der Waals surface area contributed by atoms with Crippen LogP contribution in [0.5, 0.6) is 5.75 Å². The third-order valence-electron chi connectivity index (χ3n) is 4.43. The number of halogens is 2. The Morgan fingerprint density at radius 2 is 1.93 bits per heavy atom. The van der Waals surface area contributed by atoms with E-state index in [-0.39, 0.29) is 36.4 Å². The predicted octanol–water partition coefficient (Wildman–Crippen LogP) is 3.54. The number of ether oxygens (including phenoxy) is 1. The minimum atomic E-state index is -0.737. The van der Waals surface area contributed by atoms with Crippen LogP contribution in [-0.2, 0) is 4.79 Å². The second-order valence-corrected chi connectivity index (χ2v) is 6.19. The van der Waals surface area contributed by atoms with Gasteiger partial charge in [0, 0.05) is 30.6 Å². The zero-order valence-corrected chi connectivity index (χ0v) is 14.4. The molecule has 1 atom stereocenters. The van der Waals surface area contributed by atoms with Crippen LogP contribution in [-0.4, -0.2) is 29.7 Å². The van der Waals surface area contributed by atoms with Crippen molar-refractivity contribution in [2.45, 2.75) is 12.3 Å². The number of hydrogen-bond donors (Lipinski definition) is 0. The Morgan fingerprint density at radius 1 is 1.19 bits per heavy atom. The van der Waals surface area contributed by atoms with Gasteiger partial charge in [-0.15, -0.1) is 0 Å². The molecule has 1 aliphatic rings. The zero-order chi connectivity index (χ0) is 19.0. The summed E-state index contributed by atoms with van der Waals surface area (Å²) in [5.74, 6) is -0.830. The van der Waals surface area contributed by atoms with Crippen molar-refractivity contribution in [1.82, 2.24) is 10.1 Å². The molecule has 2 heterocycles. The van der Waals surface area contributed by atoms with Gasteiger partial charge in [0.1, 0.15) is 17.4 Å². The van der Waals surface area contributed by atoms with Gasteiger partial charge >= 0.3 is 0 Å². The molecule has 1 aromatic heterocycles. The number of para-hydroxylation sites is 1. The minimum Gasteiger partial charge on any atom is -0.496 e. The van der Waals surface area contributed by atoms with Gasteiger partial charge < -0.3 is 14.2 Å². The van der Waals surface area contributed by atoms with Crippen molar-refractivity contribution in [2.75, 3.05) is 18.6 Å². The van der Waals surface area contributed by atoms with E-state index in [1.54, 1.807) is 19.2 Å².